The normalized spacial score (nSPS) is 15.4. The first-order chi connectivity index (χ1) is 19.3. The lowest BCUT2D eigenvalue weighted by Crippen LogP contribution is -2.23. The number of hydrogen-bond donors (Lipinski definition) is 3. The van der Waals surface area contributed by atoms with Crippen LogP contribution in [0, 0.1) is 0 Å². The summed E-state index contributed by atoms with van der Waals surface area (Å²) in [6, 6.07) is 10.4. The van der Waals surface area contributed by atoms with Crippen LogP contribution in [0.15, 0.2) is 48.8 Å². The Morgan fingerprint density at radius 1 is 0.976 bits per heavy atom. The van der Waals surface area contributed by atoms with Crippen LogP contribution in [0.4, 0.5) is 19.0 Å². The molecule has 41 heavy (non-hydrogen) atoms. The Morgan fingerprint density at radius 2 is 1.68 bits per heavy atom. The first-order valence-corrected chi connectivity index (χ1v) is 13.6. The lowest BCUT2D eigenvalue weighted by Gasteiger charge is -2.21. The van der Waals surface area contributed by atoms with Gasteiger partial charge in [-0.05, 0) is 50.8 Å². The molecule has 0 aliphatic heterocycles. The van der Waals surface area contributed by atoms with Crippen LogP contribution >= 0.6 is 0 Å². The van der Waals surface area contributed by atoms with Crippen LogP contribution in [0.1, 0.15) is 87.2 Å². The van der Waals surface area contributed by atoms with Crippen molar-refractivity contribution in [3.63, 3.8) is 0 Å². The van der Waals surface area contributed by atoms with Crippen LogP contribution in [-0.2, 0) is 18.4 Å². The topological polar surface area (TPSA) is 109 Å². The number of aliphatic hydroxyl groups is 2. The number of rotatable bonds is 7. The standard InChI is InChI=1S/C30H33F3N6O2/c1-16(2)24-21(7-6-14-34-24)26-37-25-22(12-13-29(25,40)41)27(38-26)35-18(5)19-8-10-20(11-9-19)28-36-23(30(31,32)33)15-39(28)17(3)4/h6-11,14-18,40-41H,12-13H2,1-5H3,(H,35,37,38)/t18-/m1/s1. The van der Waals surface area contributed by atoms with Gasteiger partial charge >= 0.3 is 6.18 Å². The van der Waals surface area contributed by atoms with Crippen molar-refractivity contribution in [2.24, 2.45) is 0 Å². The summed E-state index contributed by atoms with van der Waals surface area (Å²) >= 11 is 0. The molecule has 0 unspecified atom stereocenters. The van der Waals surface area contributed by atoms with Crippen LogP contribution < -0.4 is 5.32 Å². The van der Waals surface area contributed by atoms with Crippen LogP contribution in [0.5, 0.6) is 0 Å². The molecule has 1 aromatic carbocycles. The molecule has 0 bridgehead atoms. The van der Waals surface area contributed by atoms with Gasteiger partial charge in [0.05, 0.1) is 5.69 Å². The van der Waals surface area contributed by atoms with Crippen molar-refractivity contribution in [2.75, 3.05) is 5.32 Å². The molecule has 0 spiro atoms. The van der Waals surface area contributed by atoms with E-state index in [0.717, 1.165) is 17.5 Å². The maximum atomic E-state index is 13.3. The Kier molecular flexibility index (Phi) is 7.37. The molecule has 0 amide bonds. The van der Waals surface area contributed by atoms with Gasteiger partial charge in [0.1, 0.15) is 17.3 Å². The van der Waals surface area contributed by atoms with Gasteiger partial charge in [-0.3, -0.25) is 4.98 Å². The molecule has 3 heterocycles. The molecule has 3 N–H and O–H groups in total. The number of benzene rings is 1. The summed E-state index contributed by atoms with van der Waals surface area (Å²) in [7, 11) is 0. The summed E-state index contributed by atoms with van der Waals surface area (Å²) in [5.41, 5.74) is 2.83. The van der Waals surface area contributed by atoms with Crippen molar-refractivity contribution < 1.29 is 23.4 Å². The molecule has 1 aliphatic carbocycles. The van der Waals surface area contributed by atoms with E-state index >= 15 is 0 Å². The lowest BCUT2D eigenvalue weighted by molar-refractivity contribution is -0.169. The Hall–Kier alpha value is -3.83. The van der Waals surface area contributed by atoms with Crippen molar-refractivity contribution >= 4 is 5.82 Å². The number of halogens is 3. The van der Waals surface area contributed by atoms with Crippen molar-refractivity contribution in [1.29, 1.82) is 0 Å². The molecule has 0 saturated heterocycles. The average Bonchev–Trinajstić information content (AvgIpc) is 3.51. The van der Waals surface area contributed by atoms with E-state index in [-0.39, 0.29) is 35.9 Å². The fourth-order valence-electron chi connectivity index (χ4n) is 5.12. The highest BCUT2D eigenvalue weighted by atomic mass is 19.4. The second-order valence-electron chi connectivity index (χ2n) is 11.1. The molecule has 4 aromatic rings. The smallest absolute Gasteiger partial charge is 0.363 e. The third-order valence-corrected chi connectivity index (χ3v) is 7.34. The first-order valence-electron chi connectivity index (χ1n) is 13.6. The SMILES string of the molecule is CC(C)c1ncccc1-c1nc(N[C@H](C)c2ccc(-c3nc(C(F)(F)F)cn3C(C)C)cc2)c2c(n1)C(O)(O)CC2. The van der Waals surface area contributed by atoms with E-state index in [1.165, 1.54) is 4.57 Å². The van der Waals surface area contributed by atoms with Gasteiger partial charge in [-0.1, -0.05) is 38.1 Å². The summed E-state index contributed by atoms with van der Waals surface area (Å²) in [6.07, 6.45) is -1.29. The van der Waals surface area contributed by atoms with Gasteiger partial charge in [0, 0.05) is 47.6 Å². The maximum absolute atomic E-state index is 13.3. The second-order valence-corrected chi connectivity index (χ2v) is 11.1. The predicted octanol–water partition coefficient (Wildman–Crippen LogP) is 6.38. The van der Waals surface area contributed by atoms with Gasteiger partial charge in [-0.15, -0.1) is 0 Å². The number of alkyl halides is 3. The van der Waals surface area contributed by atoms with Crippen LogP contribution in [-0.4, -0.2) is 34.7 Å². The van der Waals surface area contributed by atoms with Crippen molar-refractivity contribution in [3.05, 3.63) is 77.0 Å². The fraction of sp³-hybridized carbons (Fsp3) is 0.400. The zero-order valence-electron chi connectivity index (χ0n) is 23.5. The number of nitrogens with one attached hydrogen (secondary N) is 1. The summed E-state index contributed by atoms with van der Waals surface area (Å²) in [4.78, 5) is 17.7. The molecule has 0 saturated carbocycles. The molecule has 1 aliphatic rings. The monoisotopic (exact) mass is 566 g/mol. The molecule has 0 fully saturated rings. The van der Waals surface area contributed by atoms with E-state index in [2.05, 4.69) is 20.3 Å². The summed E-state index contributed by atoms with van der Waals surface area (Å²) < 4.78 is 41.6. The largest absolute Gasteiger partial charge is 0.434 e. The van der Waals surface area contributed by atoms with E-state index < -0.39 is 17.7 Å². The minimum Gasteiger partial charge on any atom is -0.363 e. The van der Waals surface area contributed by atoms with E-state index in [1.54, 1.807) is 24.4 Å². The molecule has 3 aromatic heterocycles. The van der Waals surface area contributed by atoms with Gasteiger partial charge in [0.15, 0.2) is 11.5 Å². The van der Waals surface area contributed by atoms with E-state index in [4.69, 9.17) is 4.98 Å². The van der Waals surface area contributed by atoms with E-state index in [9.17, 15) is 23.4 Å². The molecular weight excluding hydrogens is 533 g/mol. The van der Waals surface area contributed by atoms with Gasteiger partial charge in [0.2, 0.25) is 5.79 Å². The zero-order chi connectivity index (χ0) is 29.7. The van der Waals surface area contributed by atoms with Crippen molar-refractivity contribution in [2.45, 2.75) is 77.4 Å². The van der Waals surface area contributed by atoms with E-state index in [0.29, 0.717) is 34.8 Å². The van der Waals surface area contributed by atoms with Gasteiger partial charge in [-0.25, -0.2) is 15.0 Å². The van der Waals surface area contributed by atoms with Crippen LogP contribution in [0.3, 0.4) is 0 Å². The van der Waals surface area contributed by atoms with Gasteiger partial charge in [0.25, 0.3) is 0 Å². The fourth-order valence-corrected chi connectivity index (χ4v) is 5.12. The number of anilines is 1. The number of aromatic nitrogens is 5. The molecule has 5 rings (SSSR count). The molecule has 216 valence electrons. The number of pyridine rings is 1. The second kappa shape index (κ2) is 10.5. The predicted molar refractivity (Wildman–Crippen MR) is 149 cm³/mol. The van der Waals surface area contributed by atoms with Gasteiger partial charge < -0.3 is 20.1 Å². The molecule has 8 nitrogen and oxygen atoms in total. The number of nitrogens with zero attached hydrogens (tertiary/aromatic N) is 5. The Bertz CT molecular complexity index is 1560. The number of fused-ring (bicyclic) bond motifs is 1. The summed E-state index contributed by atoms with van der Waals surface area (Å²) in [6.45, 7) is 9.59. The minimum atomic E-state index is -4.53. The molecule has 11 heteroatoms. The highest BCUT2D eigenvalue weighted by Crippen LogP contribution is 2.40. The molecular formula is C30H33F3N6O2. The third-order valence-electron chi connectivity index (χ3n) is 7.34. The van der Waals surface area contributed by atoms with Crippen molar-refractivity contribution in [1.82, 2.24) is 24.5 Å². The summed E-state index contributed by atoms with van der Waals surface area (Å²) in [5.74, 6) is -0.876. The number of imidazole rings is 1. The maximum Gasteiger partial charge on any atom is 0.434 e. The zero-order valence-corrected chi connectivity index (χ0v) is 23.5. The van der Waals surface area contributed by atoms with Crippen LogP contribution in [0.25, 0.3) is 22.8 Å². The van der Waals surface area contributed by atoms with Crippen LogP contribution in [0.2, 0.25) is 0 Å². The van der Waals surface area contributed by atoms with Gasteiger partial charge in [-0.2, -0.15) is 13.2 Å². The Morgan fingerprint density at radius 3 is 2.32 bits per heavy atom. The quantitative estimate of drug-likeness (QED) is 0.223. The van der Waals surface area contributed by atoms with E-state index in [1.807, 2.05) is 52.8 Å². The highest BCUT2D eigenvalue weighted by molar-refractivity contribution is 5.64. The van der Waals surface area contributed by atoms with Crippen molar-refractivity contribution in [3.8, 4) is 22.8 Å². The minimum absolute atomic E-state index is 0.100. The lowest BCUT2D eigenvalue weighted by atomic mass is 10.0. The molecule has 0 radical (unpaired) electrons. The summed E-state index contributed by atoms with van der Waals surface area (Å²) in [5, 5.41) is 24.7. The average molecular weight is 567 g/mol. The Balaban J connectivity index is 1.48. The first kappa shape index (κ1) is 28.7. The molecule has 1 atom stereocenters. The highest BCUT2D eigenvalue weighted by Gasteiger charge is 2.39. The number of hydrogen-bond acceptors (Lipinski definition) is 7. The Labute approximate surface area is 236 Å². The third kappa shape index (κ3) is 5.56.